The van der Waals surface area contributed by atoms with Crippen LogP contribution in [0.15, 0.2) is 28.0 Å². The molecule has 0 aliphatic rings. The molecular weight excluding hydrogens is 346 g/mol. The Bertz CT molecular complexity index is 740. The number of nitrogens with zero attached hydrogens (tertiary/aromatic N) is 3. The summed E-state index contributed by atoms with van der Waals surface area (Å²) in [6, 6.07) is 1.58. The second-order valence-corrected chi connectivity index (χ2v) is 7.15. The second-order valence-electron chi connectivity index (χ2n) is 4.09. The Morgan fingerprint density at radius 1 is 1.35 bits per heavy atom. The van der Waals surface area contributed by atoms with Crippen LogP contribution in [-0.4, -0.2) is 35.8 Å². The van der Waals surface area contributed by atoms with Gasteiger partial charge in [0.25, 0.3) is 0 Å². The number of hydrogen-bond acceptors (Lipinski definition) is 5. The highest BCUT2D eigenvalue weighted by Gasteiger charge is 2.22. The number of methoxy groups -OCH3 is 1. The van der Waals surface area contributed by atoms with Gasteiger partial charge in [-0.25, -0.2) is 18.4 Å². The van der Waals surface area contributed by atoms with Crippen LogP contribution >= 0.6 is 15.9 Å². The molecule has 2 aromatic heterocycles. The van der Waals surface area contributed by atoms with Gasteiger partial charge in [-0.05, 0) is 15.9 Å². The van der Waals surface area contributed by atoms with Crippen LogP contribution in [0.3, 0.4) is 0 Å². The highest BCUT2D eigenvalue weighted by atomic mass is 79.9. The summed E-state index contributed by atoms with van der Waals surface area (Å²) in [5, 5.41) is 0. The molecule has 0 aliphatic heterocycles. The van der Waals surface area contributed by atoms with Crippen molar-refractivity contribution in [1.29, 1.82) is 0 Å². The van der Waals surface area contributed by atoms with E-state index in [1.165, 1.54) is 13.3 Å². The van der Waals surface area contributed by atoms with Gasteiger partial charge in [0.05, 0.1) is 30.2 Å². The van der Waals surface area contributed by atoms with Crippen molar-refractivity contribution in [2.45, 2.75) is 11.8 Å². The van der Waals surface area contributed by atoms with Crippen molar-refractivity contribution in [1.82, 2.24) is 14.5 Å². The molecule has 0 N–H and O–H groups in total. The van der Waals surface area contributed by atoms with Gasteiger partial charge in [-0.3, -0.25) is 0 Å². The Hall–Kier alpha value is -1.41. The molecule has 0 atom stereocenters. The first-order valence-electron chi connectivity index (χ1n) is 5.85. The predicted molar refractivity (Wildman–Crippen MR) is 78.4 cm³/mol. The van der Waals surface area contributed by atoms with Crippen LogP contribution in [0.4, 0.5) is 0 Å². The number of sulfone groups is 1. The fraction of sp³-hybridized carbons (Fsp3) is 0.333. The third-order valence-electron chi connectivity index (χ3n) is 2.94. The Balaban J connectivity index is 2.75. The molecule has 8 heteroatoms. The van der Waals surface area contributed by atoms with E-state index in [4.69, 9.17) is 4.74 Å². The maximum absolute atomic E-state index is 12.2. The lowest BCUT2D eigenvalue weighted by Crippen LogP contribution is -2.08. The van der Waals surface area contributed by atoms with Crippen LogP contribution in [0.1, 0.15) is 6.92 Å². The summed E-state index contributed by atoms with van der Waals surface area (Å²) >= 11 is 3.35. The van der Waals surface area contributed by atoms with E-state index >= 15 is 0 Å². The predicted octanol–water partition coefficient (Wildman–Crippen LogP) is 2.05. The maximum Gasteiger partial charge on any atom is 0.213 e. The monoisotopic (exact) mass is 359 g/mol. The van der Waals surface area contributed by atoms with Gasteiger partial charge in [0, 0.05) is 18.7 Å². The summed E-state index contributed by atoms with van der Waals surface area (Å²) in [4.78, 5) is 8.38. The summed E-state index contributed by atoms with van der Waals surface area (Å²) in [6.45, 7) is 1.59. The minimum absolute atomic E-state index is 0.000396. The average molecular weight is 360 g/mol. The largest absolute Gasteiger partial charge is 0.481 e. The highest BCUT2D eigenvalue weighted by molar-refractivity contribution is 9.10. The lowest BCUT2D eigenvalue weighted by atomic mass is 10.2. The van der Waals surface area contributed by atoms with Crippen LogP contribution in [-0.2, 0) is 16.9 Å². The lowest BCUT2D eigenvalue weighted by Gasteiger charge is -2.10. The van der Waals surface area contributed by atoms with E-state index in [0.29, 0.717) is 17.3 Å². The van der Waals surface area contributed by atoms with E-state index in [-0.39, 0.29) is 10.6 Å². The molecule has 0 fully saturated rings. The molecule has 2 rings (SSSR count). The number of halogens is 1. The molecule has 0 saturated heterocycles. The smallest absolute Gasteiger partial charge is 0.213 e. The zero-order chi connectivity index (χ0) is 14.9. The zero-order valence-corrected chi connectivity index (χ0v) is 13.7. The van der Waals surface area contributed by atoms with Crippen molar-refractivity contribution in [2.75, 3.05) is 12.9 Å². The van der Waals surface area contributed by atoms with Gasteiger partial charge >= 0.3 is 0 Å². The summed E-state index contributed by atoms with van der Waals surface area (Å²) in [6.07, 6.45) is 2.93. The summed E-state index contributed by atoms with van der Waals surface area (Å²) in [7, 11) is -0.122. The first-order valence-corrected chi connectivity index (χ1v) is 8.29. The van der Waals surface area contributed by atoms with Crippen molar-refractivity contribution in [2.24, 2.45) is 7.05 Å². The molecule has 0 amide bonds. The molecule has 20 heavy (non-hydrogen) atoms. The number of ether oxygens (including phenoxy) is 1. The van der Waals surface area contributed by atoms with Crippen molar-refractivity contribution in [3.63, 3.8) is 0 Å². The fourth-order valence-electron chi connectivity index (χ4n) is 1.75. The van der Waals surface area contributed by atoms with Gasteiger partial charge in [0.15, 0.2) is 9.84 Å². The molecule has 108 valence electrons. The summed E-state index contributed by atoms with van der Waals surface area (Å²) < 4.78 is 31.9. The zero-order valence-electron chi connectivity index (χ0n) is 11.3. The van der Waals surface area contributed by atoms with Gasteiger partial charge in [0.2, 0.25) is 5.88 Å². The van der Waals surface area contributed by atoms with Gasteiger partial charge in [-0.1, -0.05) is 6.92 Å². The van der Waals surface area contributed by atoms with E-state index in [0.717, 1.165) is 4.60 Å². The molecule has 0 saturated carbocycles. The van der Waals surface area contributed by atoms with Crippen molar-refractivity contribution in [3.8, 4) is 17.3 Å². The molecular formula is C12H14BrN3O3S. The van der Waals surface area contributed by atoms with E-state index in [1.807, 2.05) is 0 Å². The van der Waals surface area contributed by atoms with Crippen molar-refractivity contribution < 1.29 is 13.2 Å². The van der Waals surface area contributed by atoms with Gasteiger partial charge in [-0.15, -0.1) is 0 Å². The Labute approximate surface area is 125 Å². The molecule has 2 aromatic rings. The number of hydrogen-bond donors (Lipinski definition) is 0. The summed E-state index contributed by atoms with van der Waals surface area (Å²) in [5.74, 6) is 0.873. The molecule has 0 radical (unpaired) electrons. The lowest BCUT2D eigenvalue weighted by molar-refractivity contribution is 0.397. The first-order chi connectivity index (χ1) is 9.40. The van der Waals surface area contributed by atoms with E-state index in [9.17, 15) is 8.42 Å². The van der Waals surface area contributed by atoms with Crippen molar-refractivity contribution >= 4 is 25.8 Å². The molecule has 6 nitrogen and oxygen atoms in total. The summed E-state index contributed by atoms with van der Waals surface area (Å²) in [5.41, 5.74) is 0.479. The molecule has 0 spiro atoms. The Morgan fingerprint density at radius 3 is 2.55 bits per heavy atom. The number of aromatic nitrogens is 3. The van der Waals surface area contributed by atoms with Crippen LogP contribution in [0.2, 0.25) is 0 Å². The van der Waals surface area contributed by atoms with Crippen LogP contribution < -0.4 is 4.74 Å². The maximum atomic E-state index is 12.2. The molecule has 0 aliphatic carbocycles. The Morgan fingerprint density at radius 2 is 2.05 bits per heavy atom. The second kappa shape index (κ2) is 5.53. The minimum Gasteiger partial charge on any atom is -0.481 e. The third-order valence-corrected chi connectivity index (χ3v) is 5.43. The van der Waals surface area contributed by atoms with Gasteiger partial charge in [0.1, 0.15) is 10.4 Å². The quantitative estimate of drug-likeness (QED) is 0.834. The van der Waals surface area contributed by atoms with Crippen molar-refractivity contribution in [3.05, 3.63) is 23.1 Å². The molecule has 0 bridgehead atoms. The average Bonchev–Trinajstić information content (AvgIpc) is 2.78. The third kappa shape index (κ3) is 2.57. The molecule has 0 aromatic carbocycles. The van der Waals surface area contributed by atoms with E-state index < -0.39 is 9.84 Å². The van der Waals surface area contributed by atoms with Gasteiger partial charge in [-0.2, -0.15) is 0 Å². The highest BCUT2D eigenvalue weighted by Crippen LogP contribution is 2.30. The fourth-order valence-corrected chi connectivity index (χ4v) is 3.03. The number of rotatable bonds is 4. The standard InChI is InChI=1S/C12H14BrN3O3S/c1-4-20(17,18)9-6-14-11(19-3)5-8(9)12-15-7-10(13)16(12)2/h5-7H,4H2,1-3H3. The van der Waals surface area contributed by atoms with Crippen LogP contribution in [0, 0.1) is 0 Å². The van der Waals surface area contributed by atoms with Gasteiger partial charge < -0.3 is 9.30 Å². The molecule has 0 unspecified atom stereocenters. The Kier molecular flexibility index (Phi) is 4.14. The SMILES string of the molecule is CCS(=O)(=O)c1cnc(OC)cc1-c1ncc(Br)n1C. The normalized spacial score (nSPS) is 11.6. The van der Waals surface area contributed by atoms with Crippen LogP contribution in [0.25, 0.3) is 11.4 Å². The number of imidazole rings is 1. The van der Waals surface area contributed by atoms with E-state index in [2.05, 4.69) is 25.9 Å². The molecule has 2 heterocycles. The first kappa shape index (κ1) is 15.0. The van der Waals surface area contributed by atoms with E-state index in [1.54, 1.807) is 30.8 Å². The van der Waals surface area contributed by atoms with Crippen LogP contribution in [0.5, 0.6) is 5.88 Å². The minimum atomic E-state index is -3.40. The topological polar surface area (TPSA) is 74.1 Å². The number of pyridine rings is 1.